The minimum atomic E-state index is -0.822. The minimum absolute atomic E-state index is 0.0241. The molecule has 2 unspecified atom stereocenters. The van der Waals surface area contributed by atoms with Crippen LogP contribution < -0.4 is 10.6 Å². The van der Waals surface area contributed by atoms with Crippen molar-refractivity contribution >= 4 is 72.0 Å². The zero-order chi connectivity index (χ0) is 67.1. The van der Waals surface area contributed by atoms with Gasteiger partial charge in [-0.2, -0.15) is 12.6 Å². The topological polar surface area (TPSA) is 233 Å². The molecule has 0 bridgehead atoms. The van der Waals surface area contributed by atoms with Gasteiger partial charge in [-0.25, -0.2) is 0 Å². The highest BCUT2D eigenvalue weighted by molar-refractivity contribution is 7.80. The van der Waals surface area contributed by atoms with Crippen LogP contribution in [-0.2, 0) is 59.2 Å². The summed E-state index contributed by atoms with van der Waals surface area (Å²) in [6.07, 6.45) is 10.3. The summed E-state index contributed by atoms with van der Waals surface area (Å²) < 4.78 is 6.02. The van der Waals surface area contributed by atoms with Gasteiger partial charge in [0.2, 0.25) is 47.3 Å². The monoisotopic (exact) mass is 1290 g/mol. The second-order valence-electron chi connectivity index (χ2n) is 24.0. The number of carbonyl (C=O) groups is 10. The van der Waals surface area contributed by atoms with E-state index in [-0.39, 0.29) is 82.9 Å². The van der Waals surface area contributed by atoms with Crippen LogP contribution in [0, 0.1) is 6.92 Å². The molecule has 1 heterocycles. The second-order valence-corrected chi connectivity index (χ2v) is 24.4. The number of benzene rings is 2. The molecule has 1 aliphatic rings. The first-order valence-electron chi connectivity index (χ1n) is 32.9. The molecule has 3 atom stereocenters. The van der Waals surface area contributed by atoms with E-state index in [9.17, 15) is 47.9 Å². The molecule has 0 radical (unpaired) electrons. The number of rotatable bonds is 48. The van der Waals surface area contributed by atoms with Crippen molar-refractivity contribution in [3.8, 4) is 0 Å². The van der Waals surface area contributed by atoms with E-state index in [1.807, 2.05) is 96.4 Å². The summed E-state index contributed by atoms with van der Waals surface area (Å²) in [4.78, 5) is 153. The van der Waals surface area contributed by atoms with Gasteiger partial charge in [0.25, 0.3) is 0 Å². The van der Waals surface area contributed by atoms with Crippen molar-refractivity contribution in [2.45, 2.75) is 143 Å². The number of ether oxygens (including phenoxy) is 1. The van der Waals surface area contributed by atoms with Gasteiger partial charge in [0.15, 0.2) is 5.78 Å². The molecule has 91 heavy (non-hydrogen) atoms. The second kappa shape index (κ2) is 44.9. The van der Waals surface area contributed by atoms with Crippen molar-refractivity contribution in [1.82, 2.24) is 54.7 Å². The van der Waals surface area contributed by atoms with Crippen molar-refractivity contribution in [2.75, 3.05) is 144 Å². The number of carbonyl (C=O) groups excluding carboxylic acids is 10. The molecule has 508 valence electrons. The number of ketones is 1. The lowest BCUT2D eigenvalue weighted by atomic mass is 10.1. The van der Waals surface area contributed by atoms with E-state index in [4.69, 9.17) is 4.74 Å². The smallest absolute Gasteiger partial charge is 0.243 e. The maximum absolute atomic E-state index is 14.9. The Labute approximate surface area is 548 Å². The molecule has 0 saturated carbocycles. The number of nitrogens with zero attached hydrogens (tertiary/aromatic N) is 9. The van der Waals surface area contributed by atoms with Crippen LogP contribution in [0.1, 0.15) is 134 Å². The Morgan fingerprint density at radius 1 is 0.637 bits per heavy atom. The van der Waals surface area contributed by atoms with E-state index >= 15 is 0 Å². The zero-order valence-corrected chi connectivity index (χ0v) is 57.0. The fraction of sp³-hybridized carbons (Fsp3) is 0.647. The Balaban J connectivity index is 1.97. The normalized spacial score (nSPS) is 13.5. The number of hydrogen-bond donors (Lipinski definition) is 3. The molecule has 1 aliphatic heterocycles. The largest absolute Gasteiger partial charge is 0.376 e. The number of aldehydes is 1. The third kappa shape index (κ3) is 30.6. The van der Waals surface area contributed by atoms with Gasteiger partial charge < -0.3 is 64.3 Å². The average molecular weight is 1290 g/mol. The molecule has 23 heteroatoms. The first-order valence-corrected chi connectivity index (χ1v) is 33.5. The third-order valence-corrected chi connectivity index (χ3v) is 16.5. The summed E-state index contributed by atoms with van der Waals surface area (Å²) >= 11 is 4.21. The van der Waals surface area contributed by atoms with Crippen LogP contribution in [0.3, 0.4) is 0 Å². The van der Waals surface area contributed by atoms with E-state index in [1.54, 1.807) is 0 Å². The minimum Gasteiger partial charge on any atom is -0.376 e. The van der Waals surface area contributed by atoms with E-state index in [0.717, 1.165) is 81.1 Å². The van der Waals surface area contributed by atoms with Crippen LogP contribution >= 0.6 is 12.6 Å². The predicted molar refractivity (Wildman–Crippen MR) is 359 cm³/mol. The molecule has 22 nitrogen and oxygen atoms in total. The summed E-state index contributed by atoms with van der Waals surface area (Å²) in [5.74, 6) is -4.11. The predicted octanol–water partition coefficient (Wildman–Crippen LogP) is 5.04. The van der Waals surface area contributed by atoms with Crippen molar-refractivity contribution < 1.29 is 52.7 Å². The number of hydrogen-bond acceptors (Lipinski definition) is 15. The van der Waals surface area contributed by atoms with Gasteiger partial charge in [-0.1, -0.05) is 106 Å². The van der Waals surface area contributed by atoms with Crippen LogP contribution in [0.25, 0.3) is 0 Å². The van der Waals surface area contributed by atoms with Crippen LogP contribution in [0.4, 0.5) is 0 Å². The van der Waals surface area contributed by atoms with Crippen molar-refractivity contribution in [1.29, 1.82) is 0 Å². The Bertz CT molecular complexity index is 2570. The van der Waals surface area contributed by atoms with Gasteiger partial charge in [0.1, 0.15) is 25.9 Å². The van der Waals surface area contributed by atoms with E-state index < -0.39 is 85.7 Å². The van der Waals surface area contributed by atoms with Crippen LogP contribution in [0.5, 0.6) is 0 Å². The number of Topliss-reactive ketones (excluding diaryl/α,β-unsaturated/α-hetero) is 1. The Morgan fingerprint density at radius 2 is 1.22 bits per heavy atom. The van der Waals surface area contributed by atoms with E-state index in [1.165, 1.54) is 47.3 Å². The van der Waals surface area contributed by atoms with Crippen molar-refractivity contribution in [3.63, 3.8) is 0 Å². The molecule has 0 aromatic heterocycles. The van der Waals surface area contributed by atoms with E-state index in [2.05, 4.69) is 46.6 Å². The molecular weight excluding hydrogens is 1180 g/mol. The number of aryl methyl sites for hydroxylation is 1. The molecule has 3 rings (SSSR count). The van der Waals surface area contributed by atoms with E-state index in [0.29, 0.717) is 58.2 Å². The average Bonchev–Trinajstić information content (AvgIpc) is 1.38. The van der Waals surface area contributed by atoms with Gasteiger partial charge in [-0.3, -0.25) is 43.2 Å². The highest BCUT2D eigenvalue weighted by Gasteiger charge is 2.34. The molecule has 0 aliphatic carbocycles. The number of thiol groups is 1. The standard InChI is InChI=1S/C68H109N11O11S/c1-10-14-19-38-74(46-61(82)70-60(53-91)56(7)81)63(84)47-75(37-15-11-2)64(85)48-76(39-25-36-71(8)32-12-3)65(86)50-78(45-59-30-23-41-90-59)66(87)49-73(33-13-4)67(88)52-79(55(6)58-28-17-16-18-29-58)68(89)51-77(44-57-27-22-26-54(5)42-57)62(83)43-69-31-24-35-72(9)34-20-21-40-80/h13,16-18,22,26-29,40,42,55,59-60,69,91H,4,10-12,14-15,19-21,23-25,30-39,41,43-53H2,1-3,5-9H3,(H,70,82)/t55-,59?,60?/m1/s1. The summed E-state index contributed by atoms with van der Waals surface area (Å²) in [7, 11) is 3.97. The quantitative estimate of drug-likeness (QED) is 0.0341. The summed E-state index contributed by atoms with van der Waals surface area (Å²) in [5, 5.41) is 5.91. The maximum atomic E-state index is 14.9. The van der Waals surface area contributed by atoms with Crippen LogP contribution in [0.15, 0.2) is 67.3 Å². The van der Waals surface area contributed by atoms with Gasteiger partial charge in [-0.05, 0) is 130 Å². The third-order valence-electron chi connectivity index (χ3n) is 16.1. The molecule has 1 fully saturated rings. The molecule has 2 aromatic rings. The van der Waals surface area contributed by atoms with Crippen molar-refractivity contribution in [3.05, 3.63) is 83.9 Å². The first-order chi connectivity index (χ1) is 43.7. The van der Waals surface area contributed by atoms with Crippen LogP contribution in [-0.4, -0.2) is 260 Å². The number of amides is 8. The molecule has 2 aromatic carbocycles. The van der Waals surface area contributed by atoms with Crippen molar-refractivity contribution in [2.24, 2.45) is 0 Å². The highest BCUT2D eigenvalue weighted by Crippen LogP contribution is 2.22. The maximum Gasteiger partial charge on any atom is 0.243 e. The first kappa shape index (κ1) is 78.7. The summed E-state index contributed by atoms with van der Waals surface area (Å²) in [6, 6.07) is 15.5. The lowest BCUT2D eigenvalue weighted by Crippen LogP contribution is -2.53. The Kier molecular flexibility index (Phi) is 38.8. The molecular formula is C68H109N11O11S. The zero-order valence-electron chi connectivity index (χ0n) is 56.1. The summed E-state index contributed by atoms with van der Waals surface area (Å²) in [6.45, 7) is 16.9. The highest BCUT2D eigenvalue weighted by atomic mass is 32.1. The molecule has 1 saturated heterocycles. The molecule has 8 amide bonds. The lowest BCUT2D eigenvalue weighted by Gasteiger charge is -2.34. The fourth-order valence-corrected chi connectivity index (χ4v) is 11.0. The SMILES string of the molecule is C=CCN(CC(=O)N(CC(=O)N(CCCN(C)CCC)CC(=O)N(CCCC)CC(=O)N(CCCCC)CC(=O)NC(CS)C(C)=O)CC1CCCO1)C(=O)CN(C(=O)CN(Cc1cccc(C)c1)C(=O)CNCCCN(C)CCCC=O)[C@H](C)c1ccccc1. The molecule has 0 spiro atoms. The van der Waals surface area contributed by atoms with Crippen LogP contribution in [0.2, 0.25) is 0 Å². The Hall–Kier alpha value is -6.53. The van der Waals surface area contributed by atoms with Gasteiger partial charge in [0, 0.05) is 58.0 Å². The fourth-order valence-electron chi connectivity index (χ4n) is 10.7. The van der Waals surface area contributed by atoms with Gasteiger partial charge in [-0.15, -0.1) is 6.58 Å². The number of nitrogens with one attached hydrogen (secondary N) is 2. The van der Waals surface area contributed by atoms with Gasteiger partial charge in [0.05, 0.1) is 50.9 Å². The van der Waals surface area contributed by atoms with Gasteiger partial charge >= 0.3 is 0 Å². The molecule has 2 N–H and O–H groups in total. The summed E-state index contributed by atoms with van der Waals surface area (Å²) in [5.41, 5.74) is 2.55. The lowest BCUT2D eigenvalue weighted by molar-refractivity contribution is -0.149. The Morgan fingerprint density at radius 3 is 1.82 bits per heavy atom. The number of unbranched alkanes of at least 4 members (excludes halogenated alkanes) is 4.